The fraction of sp³-hybridized carbons (Fsp3) is 1.00. The highest BCUT2D eigenvalue weighted by Crippen LogP contribution is 2.05. The van der Waals surface area contributed by atoms with Gasteiger partial charge in [0.1, 0.15) is 0 Å². The maximum Gasteiger partial charge on any atom is 1.00 e. The minimum atomic E-state index is 0. The predicted octanol–water partition coefficient (Wildman–Crippen LogP) is 3.87. The molecule has 0 saturated heterocycles. The lowest BCUT2D eigenvalue weighted by molar-refractivity contribution is 0.602. The summed E-state index contributed by atoms with van der Waals surface area (Å²) in [6.07, 6.45) is 9.97. The molecule has 0 fully saturated rings. The van der Waals surface area contributed by atoms with E-state index in [1.54, 1.807) is 0 Å². The van der Waals surface area contributed by atoms with Crippen molar-refractivity contribution in [1.29, 1.82) is 0 Å². The van der Waals surface area contributed by atoms with Crippen LogP contribution in [0.4, 0.5) is 0 Å². The molecular formula is C9H21+. The van der Waals surface area contributed by atoms with Gasteiger partial charge in [0, 0.05) is 0 Å². The van der Waals surface area contributed by atoms with Crippen LogP contribution in [-0.2, 0) is 0 Å². The Labute approximate surface area is 61.1 Å². The molecule has 0 aromatic heterocycles. The van der Waals surface area contributed by atoms with Gasteiger partial charge in [0.2, 0.25) is 0 Å². The van der Waals surface area contributed by atoms with Gasteiger partial charge in [-0.25, -0.2) is 0 Å². The van der Waals surface area contributed by atoms with Crippen molar-refractivity contribution in [2.45, 2.75) is 58.8 Å². The average Bonchev–Trinajstić information content (AvgIpc) is 1.89. The van der Waals surface area contributed by atoms with E-state index < -0.39 is 0 Å². The molecule has 0 N–H and O–H groups in total. The number of hydrogen-bond donors (Lipinski definition) is 0. The van der Waals surface area contributed by atoms with Gasteiger partial charge in [0.15, 0.2) is 0 Å². The van der Waals surface area contributed by atoms with Crippen molar-refractivity contribution in [3.8, 4) is 0 Å². The summed E-state index contributed by atoms with van der Waals surface area (Å²) in [6, 6.07) is 0. The van der Waals surface area contributed by atoms with Gasteiger partial charge >= 0.3 is 1.43 Å². The molecule has 0 nitrogen and oxygen atoms in total. The lowest BCUT2D eigenvalue weighted by Crippen LogP contribution is -1.76. The van der Waals surface area contributed by atoms with Crippen LogP contribution in [0.3, 0.4) is 0 Å². The topological polar surface area (TPSA) is 0 Å². The van der Waals surface area contributed by atoms with Gasteiger partial charge in [-0.2, -0.15) is 0 Å². The summed E-state index contributed by atoms with van der Waals surface area (Å²) in [5, 5.41) is 0. The van der Waals surface area contributed by atoms with Gasteiger partial charge < -0.3 is 0 Å². The average molecular weight is 129 g/mol. The molecule has 0 heteroatoms. The van der Waals surface area contributed by atoms with E-state index in [2.05, 4.69) is 13.8 Å². The summed E-state index contributed by atoms with van der Waals surface area (Å²) < 4.78 is 0. The Morgan fingerprint density at radius 3 is 1.33 bits per heavy atom. The molecule has 0 aliphatic carbocycles. The summed E-state index contributed by atoms with van der Waals surface area (Å²) in [5.41, 5.74) is 0. The molecule has 0 radical (unpaired) electrons. The standard InChI is InChI=1S/C9H20/c1-3-5-7-9-8-6-4-2/h3-9H2,1-2H3/p+1. The van der Waals surface area contributed by atoms with E-state index >= 15 is 0 Å². The first-order valence-electron chi connectivity index (χ1n) is 4.41. The second kappa shape index (κ2) is 8.00. The molecular weight excluding hydrogens is 108 g/mol. The maximum atomic E-state index is 2.26. The lowest BCUT2D eigenvalue weighted by Gasteiger charge is -1.96. The molecule has 0 rings (SSSR count). The van der Waals surface area contributed by atoms with E-state index in [0.29, 0.717) is 0 Å². The van der Waals surface area contributed by atoms with Gasteiger partial charge in [-0.1, -0.05) is 58.8 Å². The highest BCUT2D eigenvalue weighted by Gasteiger charge is 1.85. The number of unbranched alkanes of at least 4 members (excludes halogenated alkanes) is 6. The molecule has 0 saturated carbocycles. The Kier molecular flexibility index (Phi) is 8.00. The Hall–Kier alpha value is 0. The molecule has 0 aliphatic rings. The van der Waals surface area contributed by atoms with Crippen molar-refractivity contribution in [2.24, 2.45) is 0 Å². The predicted molar refractivity (Wildman–Crippen MR) is 44.8 cm³/mol. The van der Waals surface area contributed by atoms with Gasteiger partial charge in [-0.05, 0) is 0 Å². The fourth-order valence-electron chi connectivity index (χ4n) is 1.03. The molecule has 0 amide bonds. The smallest absolute Gasteiger partial charge is 0.0654 e. The first-order chi connectivity index (χ1) is 4.41. The van der Waals surface area contributed by atoms with Crippen molar-refractivity contribution in [2.75, 3.05) is 0 Å². The van der Waals surface area contributed by atoms with Crippen LogP contribution in [0.1, 0.15) is 60.2 Å². The minimum Gasteiger partial charge on any atom is -0.0654 e. The molecule has 56 valence electrons. The van der Waals surface area contributed by atoms with Crippen molar-refractivity contribution in [3.05, 3.63) is 0 Å². The fourth-order valence-corrected chi connectivity index (χ4v) is 1.03. The zero-order valence-corrected chi connectivity index (χ0v) is 6.95. The van der Waals surface area contributed by atoms with Crippen LogP contribution in [-0.4, -0.2) is 0 Å². The zero-order valence-electron chi connectivity index (χ0n) is 7.95. The summed E-state index contributed by atoms with van der Waals surface area (Å²) in [7, 11) is 0. The molecule has 0 spiro atoms. The third kappa shape index (κ3) is 8.00. The first-order valence-corrected chi connectivity index (χ1v) is 4.41. The van der Waals surface area contributed by atoms with Crippen LogP contribution in [0.5, 0.6) is 0 Å². The van der Waals surface area contributed by atoms with Crippen molar-refractivity contribution in [1.82, 2.24) is 0 Å². The second-order valence-corrected chi connectivity index (χ2v) is 2.77. The van der Waals surface area contributed by atoms with E-state index in [1.807, 2.05) is 0 Å². The van der Waals surface area contributed by atoms with E-state index in [4.69, 9.17) is 0 Å². The van der Waals surface area contributed by atoms with Crippen LogP contribution in [0.2, 0.25) is 0 Å². The molecule has 0 bridgehead atoms. The highest BCUT2D eigenvalue weighted by molar-refractivity contribution is 4.41. The molecule has 9 heavy (non-hydrogen) atoms. The molecule has 0 aromatic rings. The van der Waals surface area contributed by atoms with Crippen molar-refractivity contribution < 1.29 is 1.43 Å². The zero-order chi connectivity index (χ0) is 6.95. The molecule has 0 heterocycles. The Bertz CT molecular complexity index is 38.0. The van der Waals surface area contributed by atoms with Gasteiger partial charge in [-0.15, -0.1) is 0 Å². The Morgan fingerprint density at radius 1 is 0.667 bits per heavy atom. The summed E-state index contributed by atoms with van der Waals surface area (Å²) in [4.78, 5) is 0. The van der Waals surface area contributed by atoms with E-state index in [1.165, 1.54) is 44.9 Å². The van der Waals surface area contributed by atoms with Gasteiger partial charge in [0.25, 0.3) is 0 Å². The SMILES string of the molecule is CCCCCCCCC.[H+]. The first kappa shape index (κ1) is 9.00. The van der Waals surface area contributed by atoms with Gasteiger partial charge in [-0.3, -0.25) is 0 Å². The number of rotatable bonds is 6. The van der Waals surface area contributed by atoms with Crippen LogP contribution in [0.15, 0.2) is 0 Å². The lowest BCUT2D eigenvalue weighted by atomic mass is 10.1. The summed E-state index contributed by atoms with van der Waals surface area (Å²) in [6.45, 7) is 4.53. The van der Waals surface area contributed by atoms with Crippen LogP contribution >= 0.6 is 0 Å². The molecule has 0 aliphatic heterocycles. The third-order valence-electron chi connectivity index (χ3n) is 1.71. The van der Waals surface area contributed by atoms with Crippen molar-refractivity contribution >= 4 is 0 Å². The molecule has 0 atom stereocenters. The minimum absolute atomic E-state index is 0. The largest absolute Gasteiger partial charge is 1.00 e. The van der Waals surface area contributed by atoms with E-state index in [-0.39, 0.29) is 1.43 Å². The van der Waals surface area contributed by atoms with Crippen LogP contribution < -0.4 is 0 Å². The van der Waals surface area contributed by atoms with Crippen LogP contribution in [0, 0.1) is 0 Å². The third-order valence-corrected chi connectivity index (χ3v) is 1.71. The summed E-state index contributed by atoms with van der Waals surface area (Å²) in [5.74, 6) is 0. The van der Waals surface area contributed by atoms with Crippen molar-refractivity contribution in [3.63, 3.8) is 0 Å². The van der Waals surface area contributed by atoms with E-state index in [9.17, 15) is 0 Å². The highest BCUT2D eigenvalue weighted by atomic mass is 13.9. The Balaban J connectivity index is 0. The van der Waals surface area contributed by atoms with Crippen LogP contribution in [0.25, 0.3) is 0 Å². The second-order valence-electron chi connectivity index (χ2n) is 2.77. The normalized spacial score (nSPS) is 10.0. The molecule has 0 aromatic carbocycles. The van der Waals surface area contributed by atoms with E-state index in [0.717, 1.165) is 0 Å². The monoisotopic (exact) mass is 129 g/mol. The maximum absolute atomic E-state index is 2.26. The Morgan fingerprint density at radius 2 is 1.00 bits per heavy atom. The van der Waals surface area contributed by atoms with Gasteiger partial charge in [0.05, 0.1) is 0 Å². The molecule has 0 unspecified atom stereocenters. The number of hydrogen-bond acceptors (Lipinski definition) is 0. The summed E-state index contributed by atoms with van der Waals surface area (Å²) >= 11 is 0. The quantitative estimate of drug-likeness (QED) is 0.477.